The van der Waals surface area contributed by atoms with E-state index in [2.05, 4.69) is 14.6 Å². The molecule has 0 aliphatic heterocycles. The molecule has 1 aromatic heterocycles. The normalized spacial score (nSPS) is 11.9. The lowest BCUT2D eigenvalue weighted by Crippen LogP contribution is -2.17. The standard InChI is InChI=1S/C19H21N3O4S/c1-22(12-13-4-6-14(7-5-13)21-27(23)24)17-8-9-20-16-11-19(26-3)18(25-2)10-15(16)17/h4-11,21H,12H2,1-3H3,(H,23,24). The van der Waals surface area contributed by atoms with Gasteiger partial charge in [-0.1, -0.05) is 12.1 Å². The van der Waals surface area contributed by atoms with E-state index in [1.807, 2.05) is 37.4 Å². The number of anilines is 2. The minimum atomic E-state index is -2.07. The van der Waals surface area contributed by atoms with E-state index in [0.717, 1.165) is 22.2 Å². The van der Waals surface area contributed by atoms with E-state index in [4.69, 9.17) is 14.0 Å². The van der Waals surface area contributed by atoms with Crippen LogP contribution < -0.4 is 19.1 Å². The number of nitrogens with one attached hydrogen (secondary N) is 1. The summed E-state index contributed by atoms with van der Waals surface area (Å²) in [5.41, 5.74) is 3.49. The summed E-state index contributed by atoms with van der Waals surface area (Å²) in [7, 11) is 5.21. The zero-order valence-corrected chi connectivity index (χ0v) is 16.1. The largest absolute Gasteiger partial charge is 0.493 e. The molecule has 142 valence electrons. The number of benzene rings is 2. The van der Waals surface area contributed by atoms with Crippen molar-refractivity contribution in [2.24, 2.45) is 0 Å². The van der Waals surface area contributed by atoms with E-state index in [1.54, 1.807) is 32.5 Å². The number of fused-ring (bicyclic) bond motifs is 1. The van der Waals surface area contributed by atoms with Crippen molar-refractivity contribution < 1.29 is 18.2 Å². The van der Waals surface area contributed by atoms with Gasteiger partial charge in [0, 0.05) is 42.6 Å². The molecule has 0 amide bonds. The molecule has 0 saturated heterocycles. The van der Waals surface area contributed by atoms with Crippen molar-refractivity contribution in [3.8, 4) is 11.5 Å². The predicted molar refractivity (Wildman–Crippen MR) is 108 cm³/mol. The molecule has 0 aliphatic rings. The highest BCUT2D eigenvalue weighted by molar-refractivity contribution is 7.80. The Balaban J connectivity index is 1.89. The number of pyridine rings is 1. The fourth-order valence-electron chi connectivity index (χ4n) is 2.93. The summed E-state index contributed by atoms with van der Waals surface area (Å²) in [4.78, 5) is 6.55. The lowest BCUT2D eigenvalue weighted by Gasteiger charge is -2.22. The molecule has 3 rings (SSSR count). The summed E-state index contributed by atoms with van der Waals surface area (Å²) in [5.74, 6) is 1.29. The van der Waals surface area contributed by atoms with Crippen molar-refractivity contribution in [2.75, 3.05) is 30.9 Å². The van der Waals surface area contributed by atoms with Gasteiger partial charge in [-0.25, -0.2) is 4.21 Å². The van der Waals surface area contributed by atoms with Crippen molar-refractivity contribution in [1.82, 2.24) is 4.98 Å². The van der Waals surface area contributed by atoms with Crippen molar-refractivity contribution in [1.29, 1.82) is 0 Å². The smallest absolute Gasteiger partial charge is 0.259 e. The van der Waals surface area contributed by atoms with Crippen LogP contribution in [-0.2, 0) is 17.8 Å². The van der Waals surface area contributed by atoms with E-state index in [0.29, 0.717) is 23.7 Å². The minimum absolute atomic E-state index is 0.591. The molecule has 0 saturated carbocycles. The van der Waals surface area contributed by atoms with Crippen LogP contribution in [0.3, 0.4) is 0 Å². The van der Waals surface area contributed by atoms with Crippen LogP contribution in [0.4, 0.5) is 11.4 Å². The number of hydrogen-bond donors (Lipinski definition) is 2. The van der Waals surface area contributed by atoms with Crippen LogP contribution in [0, 0.1) is 0 Å². The molecule has 27 heavy (non-hydrogen) atoms. The molecule has 8 heteroatoms. The molecule has 0 bridgehead atoms. The highest BCUT2D eigenvalue weighted by Crippen LogP contribution is 2.35. The Hall–Kier alpha value is -2.84. The van der Waals surface area contributed by atoms with Crippen LogP contribution in [0.15, 0.2) is 48.7 Å². The van der Waals surface area contributed by atoms with Crippen LogP contribution >= 0.6 is 0 Å². The molecule has 1 heterocycles. The Kier molecular flexibility index (Phi) is 5.78. The molecule has 0 spiro atoms. The first-order valence-electron chi connectivity index (χ1n) is 8.20. The SMILES string of the molecule is COc1cc2nccc(N(C)Cc3ccc(NS(=O)O)cc3)c2cc1OC. The van der Waals surface area contributed by atoms with Gasteiger partial charge in [0.25, 0.3) is 11.3 Å². The van der Waals surface area contributed by atoms with Crippen LogP contribution in [-0.4, -0.2) is 35.0 Å². The Morgan fingerprint density at radius 3 is 2.41 bits per heavy atom. The first-order chi connectivity index (χ1) is 13.0. The number of methoxy groups -OCH3 is 2. The third kappa shape index (κ3) is 4.29. The molecular weight excluding hydrogens is 366 g/mol. The molecular formula is C19H21N3O4S. The van der Waals surface area contributed by atoms with Gasteiger partial charge < -0.3 is 14.4 Å². The molecule has 3 aromatic rings. The maximum absolute atomic E-state index is 10.8. The zero-order valence-electron chi connectivity index (χ0n) is 15.3. The second-order valence-corrected chi connectivity index (χ2v) is 6.66. The third-order valence-corrected chi connectivity index (χ3v) is 4.62. The fraction of sp³-hybridized carbons (Fsp3) is 0.211. The number of hydrogen-bond acceptors (Lipinski definition) is 5. The van der Waals surface area contributed by atoms with Gasteiger partial charge in [-0.05, 0) is 29.8 Å². The number of nitrogens with zero attached hydrogens (tertiary/aromatic N) is 2. The quantitative estimate of drug-likeness (QED) is 0.604. The van der Waals surface area contributed by atoms with E-state index >= 15 is 0 Å². The molecule has 0 radical (unpaired) electrons. The highest BCUT2D eigenvalue weighted by atomic mass is 32.2. The van der Waals surface area contributed by atoms with E-state index < -0.39 is 11.3 Å². The van der Waals surface area contributed by atoms with Crippen molar-refractivity contribution >= 4 is 33.5 Å². The van der Waals surface area contributed by atoms with Gasteiger partial charge in [-0.3, -0.25) is 14.3 Å². The van der Waals surface area contributed by atoms with Crippen molar-refractivity contribution in [3.05, 3.63) is 54.2 Å². The molecule has 2 N–H and O–H groups in total. The topological polar surface area (TPSA) is 83.9 Å². The predicted octanol–water partition coefficient (Wildman–Crippen LogP) is 3.44. The first kappa shape index (κ1) is 18.9. The number of ether oxygens (including phenoxy) is 2. The van der Waals surface area contributed by atoms with E-state index in [9.17, 15) is 4.21 Å². The highest BCUT2D eigenvalue weighted by Gasteiger charge is 2.12. The summed E-state index contributed by atoms with van der Waals surface area (Å²) < 4.78 is 32.9. The first-order valence-corrected chi connectivity index (χ1v) is 9.31. The van der Waals surface area contributed by atoms with Crippen LogP contribution in [0.25, 0.3) is 10.9 Å². The Labute approximate surface area is 160 Å². The maximum Gasteiger partial charge on any atom is 0.259 e. The monoisotopic (exact) mass is 387 g/mol. The summed E-state index contributed by atoms with van der Waals surface area (Å²) in [5, 5.41) is 0.964. The van der Waals surface area contributed by atoms with E-state index in [-0.39, 0.29) is 0 Å². The molecule has 1 atom stereocenters. The average Bonchev–Trinajstić information content (AvgIpc) is 2.67. The summed E-state index contributed by atoms with van der Waals surface area (Å²) >= 11 is -2.07. The van der Waals surface area contributed by atoms with Crippen molar-refractivity contribution in [2.45, 2.75) is 6.54 Å². The molecule has 0 fully saturated rings. The van der Waals surface area contributed by atoms with Crippen molar-refractivity contribution in [3.63, 3.8) is 0 Å². The Morgan fingerprint density at radius 2 is 1.78 bits per heavy atom. The molecule has 2 aromatic carbocycles. The van der Waals surface area contributed by atoms with Gasteiger partial charge in [0.1, 0.15) is 0 Å². The van der Waals surface area contributed by atoms with Gasteiger partial charge >= 0.3 is 0 Å². The number of rotatable bonds is 7. The summed E-state index contributed by atoms with van der Waals surface area (Å²) in [6.45, 7) is 0.663. The average molecular weight is 387 g/mol. The minimum Gasteiger partial charge on any atom is -0.493 e. The fourth-order valence-corrected chi connectivity index (χ4v) is 3.27. The second-order valence-electron chi connectivity index (χ2n) is 5.96. The van der Waals surface area contributed by atoms with Crippen LogP contribution in [0.2, 0.25) is 0 Å². The molecule has 0 aliphatic carbocycles. The maximum atomic E-state index is 10.8. The molecule has 1 unspecified atom stereocenters. The Morgan fingerprint density at radius 1 is 1.11 bits per heavy atom. The second kappa shape index (κ2) is 8.24. The van der Waals surface area contributed by atoms with Crippen LogP contribution in [0.5, 0.6) is 11.5 Å². The van der Waals surface area contributed by atoms with Gasteiger partial charge in [-0.2, -0.15) is 0 Å². The van der Waals surface area contributed by atoms with Crippen LogP contribution in [0.1, 0.15) is 5.56 Å². The van der Waals surface area contributed by atoms with Gasteiger partial charge in [0.05, 0.1) is 19.7 Å². The summed E-state index contributed by atoms with van der Waals surface area (Å²) in [6, 6.07) is 13.1. The van der Waals surface area contributed by atoms with Gasteiger partial charge in [0.2, 0.25) is 0 Å². The Bertz CT molecular complexity index is 963. The van der Waals surface area contributed by atoms with Gasteiger partial charge in [-0.15, -0.1) is 0 Å². The van der Waals surface area contributed by atoms with E-state index in [1.165, 1.54) is 0 Å². The lowest BCUT2D eigenvalue weighted by atomic mass is 10.1. The lowest BCUT2D eigenvalue weighted by molar-refractivity contribution is 0.356. The molecule has 7 nitrogen and oxygen atoms in total. The zero-order chi connectivity index (χ0) is 19.4. The number of aromatic nitrogens is 1. The van der Waals surface area contributed by atoms with Gasteiger partial charge in [0.15, 0.2) is 11.5 Å². The summed E-state index contributed by atoms with van der Waals surface area (Å²) in [6.07, 6.45) is 1.77. The third-order valence-electron chi connectivity index (χ3n) is 4.21.